The molecule has 0 saturated heterocycles. The number of aromatic nitrogens is 3. The Morgan fingerprint density at radius 1 is 1.04 bits per heavy atom. The first-order valence-corrected chi connectivity index (χ1v) is 8.52. The summed E-state index contributed by atoms with van der Waals surface area (Å²) in [5.41, 5.74) is 3.54. The number of carbonyl (C=O) groups excluding carboxylic acids is 1. The van der Waals surface area contributed by atoms with E-state index in [9.17, 15) is 9.90 Å². The van der Waals surface area contributed by atoms with Crippen molar-refractivity contribution in [3.63, 3.8) is 0 Å². The van der Waals surface area contributed by atoms with Crippen LogP contribution >= 0.6 is 0 Å². The van der Waals surface area contributed by atoms with Crippen molar-refractivity contribution in [1.82, 2.24) is 15.0 Å². The molecular formula is C21H17N3O4. The molecule has 0 aliphatic carbocycles. The molecular weight excluding hydrogens is 358 g/mol. The molecule has 2 aromatic heterocycles. The number of para-hydroxylation sites is 1. The number of rotatable bonds is 4. The lowest BCUT2D eigenvalue weighted by Crippen LogP contribution is -2.00. The van der Waals surface area contributed by atoms with Gasteiger partial charge in [-0.3, -0.25) is 0 Å². The number of aromatic hydroxyl groups is 1. The average molecular weight is 375 g/mol. The molecule has 7 heteroatoms. The Labute approximate surface area is 160 Å². The highest BCUT2D eigenvalue weighted by Crippen LogP contribution is 2.40. The highest BCUT2D eigenvalue weighted by atomic mass is 16.5. The molecule has 4 aromatic rings. The molecule has 0 atom stereocenters. The molecule has 28 heavy (non-hydrogen) atoms. The zero-order chi connectivity index (χ0) is 19.7. The van der Waals surface area contributed by atoms with E-state index in [4.69, 9.17) is 9.47 Å². The van der Waals surface area contributed by atoms with Crippen LogP contribution in [0.1, 0.15) is 10.4 Å². The Hall–Kier alpha value is -3.87. The van der Waals surface area contributed by atoms with Crippen LogP contribution in [0.5, 0.6) is 11.6 Å². The van der Waals surface area contributed by atoms with Crippen molar-refractivity contribution in [2.24, 2.45) is 0 Å². The van der Waals surface area contributed by atoms with Crippen molar-refractivity contribution in [3.05, 3.63) is 60.3 Å². The van der Waals surface area contributed by atoms with Gasteiger partial charge in [0.15, 0.2) is 0 Å². The molecule has 0 radical (unpaired) electrons. The predicted molar refractivity (Wildman–Crippen MR) is 104 cm³/mol. The maximum atomic E-state index is 11.7. The molecule has 2 aromatic carbocycles. The molecule has 0 fully saturated rings. The molecule has 0 aliphatic heterocycles. The van der Waals surface area contributed by atoms with E-state index in [0.717, 1.165) is 0 Å². The normalized spacial score (nSPS) is 10.8. The molecule has 2 N–H and O–H groups in total. The standard InChI is InChI=1S/C21H17N3O4/c1-27-20-14(7-4-10-22-20)13-5-3-6-15(18(13)25)19-23-16-9-8-12(21(26)28-2)11-17(16)24-19/h3-11,25H,1-2H3,(H,23,24). The van der Waals surface area contributed by atoms with E-state index < -0.39 is 5.97 Å². The number of fused-ring (bicyclic) bond motifs is 1. The molecule has 7 nitrogen and oxygen atoms in total. The second-order valence-corrected chi connectivity index (χ2v) is 6.07. The van der Waals surface area contributed by atoms with E-state index in [2.05, 4.69) is 15.0 Å². The lowest BCUT2D eigenvalue weighted by atomic mass is 10.0. The molecule has 0 bridgehead atoms. The number of hydrogen-bond donors (Lipinski definition) is 2. The maximum Gasteiger partial charge on any atom is 0.337 e. The van der Waals surface area contributed by atoms with Gasteiger partial charge in [-0.25, -0.2) is 14.8 Å². The van der Waals surface area contributed by atoms with Crippen LogP contribution in [0.2, 0.25) is 0 Å². The number of hydrogen-bond acceptors (Lipinski definition) is 6. The van der Waals surface area contributed by atoms with Crippen LogP contribution in [0.3, 0.4) is 0 Å². The van der Waals surface area contributed by atoms with Gasteiger partial charge in [0.1, 0.15) is 11.6 Å². The first kappa shape index (κ1) is 17.5. The van der Waals surface area contributed by atoms with Crippen LogP contribution in [-0.2, 0) is 4.74 Å². The van der Waals surface area contributed by atoms with Crippen LogP contribution < -0.4 is 4.74 Å². The van der Waals surface area contributed by atoms with E-state index in [1.54, 1.807) is 42.6 Å². The molecule has 4 rings (SSSR count). The second-order valence-electron chi connectivity index (χ2n) is 6.07. The van der Waals surface area contributed by atoms with Gasteiger partial charge in [0.05, 0.1) is 36.4 Å². The summed E-state index contributed by atoms with van der Waals surface area (Å²) in [6.07, 6.45) is 1.63. The number of imidazole rings is 1. The average Bonchev–Trinajstić information content (AvgIpc) is 3.16. The van der Waals surface area contributed by atoms with Crippen LogP contribution in [0.25, 0.3) is 33.5 Å². The van der Waals surface area contributed by atoms with Gasteiger partial charge in [0.25, 0.3) is 0 Å². The molecule has 0 aliphatic rings. The van der Waals surface area contributed by atoms with Gasteiger partial charge in [-0.05, 0) is 36.4 Å². The highest BCUT2D eigenvalue weighted by molar-refractivity contribution is 5.94. The number of nitrogens with one attached hydrogen (secondary N) is 1. The zero-order valence-electron chi connectivity index (χ0n) is 15.3. The van der Waals surface area contributed by atoms with Crippen LogP contribution in [0.15, 0.2) is 54.7 Å². The van der Waals surface area contributed by atoms with E-state index in [0.29, 0.717) is 45.0 Å². The Balaban J connectivity index is 1.83. The Kier molecular flexibility index (Phi) is 4.41. The topological polar surface area (TPSA) is 97.3 Å². The lowest BCUT2D eigenvalue weighted by molar-refractivity contribution is 0.0601. The predicted octanol–water partition coefficient (Wildman–Crippen LogP) is 3.79. The number of aromatic amines is 1. The smallest absolute Gasteiger partial charge is 0.337 e. The summed E-state index contributed by atoms with van der Waals surface area (Å²) in [6.45, 7) is 0. The van der Waals surface area contributed by atoms with Crippen LogP contribution in [0, 0.1) is 0 Å². The van der Waals surface area contributed by atoms with Crippen molar-refractivity contribution >= 4 is 17.0 Å². The fourth-order valence-corrected chi connectivity index (χ4v) is 3.09. The lowest BCUT2D eigenvalue weighted by Gasteiger charge is -2.11. The fourth-order valence-electron chi connectivity index (χ4n) is 3.09. The quantitative estimate of drug-likeness (QED) is 0.527. The number of H-pyrrole nitrogens is 1. The molecule has 0 saturated carbocycles. The van der Waals surface area contributed by atoms with E-state index in [1.807, 2.05) is 12.1 Å². The number of esters is 1. The monoisotopic (exact) mass is 375 g/mol. The number of nitrogens with zero attached hydrogens (tertiary/aromatic N) is 2. The van der Waals surface area contributed by atoms with Gasteiger partial charge in [0, 0.05) is 17.3 Å². The van der Waals surface area contributed by atoms with Crippen molar-refractivity contribution < 1.29 is 19.4 Å². The van der Waals surface area contributed by atoms with Gasteiger partial charge in [0.2, 0.25) is 5.88 Å². The first-order valence-electron chi connectivity index (χ1n) is 8.52. The van der Waals surface area contributed by atoms with Gasteiger partial charge in [-0.2, -0.15) is 0 Å². The van der Waals surface area contributed by atoms with Gasteiger partial charge < -0.3 is 19.6 Å². The van der Waals surface area contributed by atoms with Crippen molar-refractivity contribution in [2.75, 3.05) is 14.2 Å². The van der Waals surface area contributed by atoms with Crippen molar-refractivity contribution in [2.45, 2.75) is 0 Å². The number of phenolic OH excluding ortho intramolecular Hbond substituents is 1. The fraction of sp³-hybridized carbons (Fsp3) is 0.0952. The van der Waals surface area contributed by atoms with Gasteiger partial charge >= 0.3 is 5.97 Å². The minimum Gasteiger partial charge on any atom is -0.507 e. The highest BCUT2D eigenvalue weighted by Gasteiger charge is 2.17. The summed E-state index contributed by atoms with van der Waals surface area (Å²) < 4.78 is 10.1. The van der Waals surface area contributed by atoms with Crippen molar-refractivity contribution in [3.8, 4) is 34.1 Å². The Bertz CT molecular complexity index is 1180. The number of methoxy groups -OCH3 is 2. The first-order chi connectivity index (χ1) is 13.6. The third-order valence-corrected chi connectivity index (χ3v) is 4.45. The zero-order valence-corrected chi connectivity index (χ0v) is 15.3. The summed E-state index contributed by atoms with van der Waals surface area (Å²) >= 11 is 0. The van der Waals surface area contributed by atoms with Crippen molar-refractivity contribution in [1.29, 1.82) is 0 Å². The van der Waals surface area contributed by atoms with E-state index >= 15 is 0 Å². The number of carbonyl (C=O) groups is 1. The summed E-state index contributed by atoms with van der Waals surface area (Å²) in [6, 6.07) is 14.0. The Morgan fingerprint density at radius 2 is 1.82 bits per heavy atom. The number of pyridine rings is 1. The molecule has 2 heterocycles. The molecule has 0 unspecified atom stereocenters. The summed E-state index contributed by atoms with van der Waals surface area (Å²) in [5.74, 6) is 0.536. The largest absolute Gasteiger partial charge is 0.507 e. The minimum atomic E-state index is -0.424. The number of benzene rings is 2. The van der Waals surface area contributed by atoms with E-state index in [-0.39, 0.29) is 5.75 Å². The molecule has 0 spiro atoms. The third-order valence-electron chi connectivity index (χ3n) is 4.45. The number of ether oxygens (including phenoxy) is 2. The van der Waals surface area contributed by atoms with E-state index in [1.165, 1.54) is 14.2 Å². The number of phenols is 1. The maximum absolute atomic E-state index is 11.7. The van der Waals surface area contributed by atoms with Crippen LogP contribution in [0.4, 0.5) is 0 Å². The Morgan fingerprint density at radius 3 is 2.61 bits per heavy atom. The van der Waals surface area contributed by atoms with Gasteiger partial charge in [-0.1, -0.05) is 12.1 Å². The summed E-state index contributed by atoms with van der Waals surface area (Å²) in [7, 11) is 2.87. The second kappa shape index (κ2) is 7.03. The SMILES string of the molecule is COC(=O)c1ccc2nc(-c3cccc(-c4cccnc4OC)c3O)[nH]c2c1. The van der Waals surface area contributed by atoms with Gasteiger partial charge in [-0.15, -0.1) is 0 Å². The molecule has 0 amide bonds. The minimum absolute atomic E-state index is 0.0565. The summed E-state index contributed by atoms with van der Waals surface area (Å²) in [4.78, 5) is 23.6. The summed E-state index contributed by atoms with van der Waals surface area (Å²) in [5, 5.41) is 10.9. The molecule has 140 valence electrons. The van der Waals surface area contributed by atoms with Crippen LogP contribution in [-0.4, -0.2) is 40.2 Å². The third kappa shape index (κ3) is 2.92.